The third-order valence-corrected chi connectivity index (χ3v) is 2.89. The molecule has 0 saturated carbocycles. The highest BCUT2D eigenvalue weighted by atomic mass is 79.9. The molecule has 0 bridgehead atoms. The molecule has 1 aromatic rings. The lowest BCUT2D eigenvalue weighted by Gasteiger charge is -2.19. The van der Waals surface area contributed by atoms with Crippen LogP contribution in [0.2, 0.25) is 0 Å². The molecule has 0 saturated heterocycles. The predicted octanol–water partition coefficient (Wildman–Crippen LogP) is 2.39. The van der Waals surface area contributed by atoms with Crippen LogP contribution in [0.25, 0.3) is 0 Å². The summed E-state index contributed by atoms with van der Waals surface area (Å²) < 4.78 is 0.851. The average molecular weight is 295 g/mol. The van der Waals surface area contributed by atoms with Crippen molar-refractivity contribution in [1.82, 2.24) is 5.32 Å². The number of carbonyl (C=O) groups is 1. The first kappa shape index (κ1) is 13.8. The highest BCUT2D eigenvalue weighted by Gasteiger charge is 2.14. The number of halogens is 1. The minimum atomic E-state index is -0.481. The van der Waals surface area contributed by atoms with Gasteiger partial charge in [0.15, 0.2) is 0 Å². The zero-order valence-corrected chi connectivity index (χ0v) is 11.5. The molecule has 0 radical (unpaired) electrons. The number of carbonyl (C=O) groups excluding carboxylic acids is 1. The highest BCUT2D eigenvalue weighted by molar-refractivity contribution is 9.10. The van der Waals surface area contributed by atoms with E-state index in [0.29, 0.717) is 0 Å². The average Bonchev–Trinajstić information content (AvgIpc) is 2.30. The van der Waals surface area contributed by atoms with Crippen molar-refractivity contribution in [2.45, 2.75) is 19.4 Å². The maximum Gasteiger partial charge on any atom is 0.238 e. The summed E-state index contributed by atoms with van der Waals surface area (Å²) in [6.07, 6.45) is 5.32. The molecule has 0 aliphatic carbocycles. The van der Waals surface area contributed by atoms with Crippen molar-refractivity contribution in [2.24, 2.45) is 0 Å². The van der Waals surface area contributed by atoms with Crippen LogP contribution in [0.3, 0.4) is 0 Å². The standard InChI is InChI=1S/C13H15BrN2O/c1-4-13(2,3)15-9-12(17)16-11-8-6-5-7-10(11)14/h1,5-8,15H,9H2,2-3H3,(H,16,17). The van der Waals surface area contributed by atoms with Gasteiger partial charge in [-0.3, -0.25) is 10.1 Å². The van der Waals surface area contributed by atoms with E-state index in [9.17, 15) is 4.79 Å². The zero-order valence-electron chi connectivity index (χ0n) is 9.88. The molecule has 1 rings (SSSR count). The Balaban J connectivity index is 2.52. The minimum Gasteiger partial charge on any atom is -0.324 e. The van der Waals surface area contributed by atoms with Crippen LogP contribution >= 0.6 is 15.9 Å². The Morgan fingerprint density at radius 1 is 1.47 bits per heavy atom. The van der Waals surface area contributed by atoms with Gasteiger partial charge in [-0.25, -0.2) is 0 Å². The summed E-state index contributed by atoms with van der Waals surface area (Å²) >= 11 is 3.36. The van der Waals surface area contributed by atoms with Gasteiger partial charge in [-0.05, 0) is 41.9 Å². The summed E-state index contributed by atoms with van der Waals surface area (Å²) in [5.74, 6) is 2.45. The molecule has 0 aliphatic heterocycles. The van der Waals surface area contributed by atoms with Gasteiger partial charge in [-0.1, -0.05) is 18.1 Å². The van der Waals surface area contributed by atoms with Crippen molar-refractivity contribution in [3.8, 4) is 12.3 Å². The Morgan fingerprint density at radius 3 is 2.71 bits per heavy atom. The second-order valence-electron chi connectivity index (χ2n) is 4.15. The Kier molecular flexibility index (Phi) is 4.73. The first-order valence-electron chi connectivity index (χ1n) is 5.22. The Morgan fingerprint density at radius 2 is 2.12 bits per heavy atom. The second-order valence-corrected chi connectivity index (χ2v) is 5.01. The summed E-state index contributed by atoms with van der Waals surface area (Å²) in [5, 5.41) is 5.77. The molecule has 2 N–H and O–H groups in total. The van der Waals surface area contributed by atoms with Crippen LogP contribution in [-0.4, -0.2) is 18.0 Å². The van der Waals surface area contributed by atoms with Crippen LogP contribution in [0.15, 0.2) is 28.7 Å². The van der Waals surface area contributed by atoms with Crippen LogP contribution in [-0.2, 0) is 4.79 Å². The van der Waals surface area contributed by atoms with Crippen LogP contribution < -0.4 is 10.6 Å². The Labute approximate surface area is 110 Å². The molecule has 0 fully saturated rings. The van der Waals surface area contributed by atoms with Crippen LogP contribution in [0.4, 0.5) is 5.69 Å². The van der Waals surface area contributed by atoms with Gasteiger partial charge in [0.25, 0.3) is 0 Å². The van der Waals surface area contributed by atoms with E-state index in [1.807, 2.05) is 38.1 Å². The van der Waals surface area contributed by atoms with E-state index < -0.39 is 5.54 Å². The van der Waals surface area contributed by atoms with Crippen molar-refractivity contribution in [1.29, 1.82) is 0 Å². The quantitative estimate of drug-likeness (QED) is 0.837. The molecule has 17 heavy (non-hydrogen) atoms. The first-order chi connectivity index (χ1) is 7.94. The van der Waals surface area contributed by atoms with Crippen molar-refractivity contribution in [3.63, 3.8) is 0 Å². The molecule has 1 aromatic carbocycles. The molecule has 0 spiro atoms. The summed E-state index contributed by atoms with van der Waals surface area (Å²) in [4.78, 5) is 11.7. The fourth-order valence-electron chi connectivity index (χ4n) is 1.11. The highest BCUT2D eigenvalue weighted by Crippen LogP contribution is 2.20. The molecule has 0 aromatic heterocycles. The van der Waals surface area contributed by atoms with Gasteiger partial charge < -0.3 is 5.32 Å². The molecule has 0 atom stereocenters. The molecular weight excluding hydrogens is 280 g/mol. The van der Waals surface area contributed by atoms with Gasteiger partial charge >= 0.3 is 0 Å². The van der Waals surface area contributed by atoms with Crippen LogP contribution in [0.1, 0.15) is 13.8 Å². The van der Waals surface area contributed by atoms with Crippen molar-refractivity contribution in [3.05, 3.63) is 28.7 Å². The number of benzene rings is 1. The first-order valence-corrected chi connectivity index (χ1v) is 6.01. The smallest absolute Gasteiger partial charge is 0.238 e. The molecule has 0 heterocycles. The van der Waals surface area contributed by atoms with Gasteiger partial charge in [0.05, 0.1) is 17.8 Å². The summed E-state index contributed by atoms with van der Waals surface area (Å²) in [6, 6.07) is 7.45. The number of para-hydroxylation sites is 1. The molecule has 0 unspecified atom stereocenters. The van der Waals surface area contributed by atoms with E-state index in [4.69, 9.17) is 6.42 Å². The van der Waals surface area contributed by atoms with E-state index in [-0.39, 0.29) is 12.5 Å². The lowest BCUT2D eigenvalue weighted by Crippen LogP contribution is -2.42. The van der Waals surface area contributed by atoms with E-state index in [1.54, 1.807) is 0 Å². The number of rotatable bonds is 4. The Hall–Kier alpha value is -1.31. The van der Waals surface area contributed by atoms with Gasteiger partial charge in [0.2, 0.25) is 5.91 Å². The van der Waals surface area contributed by atoms with Gasteiger partial charge in [0.1, 0.15) is 0 Å². The second kappa shape index (κ2) is 5.85. The van der Waals surface area contributed by atoms with Crippen molar-refractivity contribution in [2.75, 3.05) is 11.9 Å². The molecule has 1 amide bonds. The SMILES string of the molecule is C#CC(C)(C)NCC(=O)Nc1ccccc1Br. The third kappa shape index (κ3) is 4.59. The third-order valence-electron chi connectivity index (χ3n) is 2.20. The fraction of sp³-hybridized carbons (Fsp3) is 0.308. The lowest BCUT2D eigenvalue weighted by atomic mass is 10.1. The van der Waals surface area contributed by atoms with E-state index in [1.165, 1.54) is 0 Å². The topological polar surface area (TPSA) is 41.1 Å². The summed E-state index contributed by atoms with van der Waals surface area (Å²) in [7, 11) is 0. The van der Waals surface area contributed by atoms with E-state index in [2.05, 4.69) is 32.5 Å². The largest absolute Gasteiger partial charge is 0.324 e. The monoisotopic (exact) mass is 294 g/mol. The predicted molar refractivity (Wildman–Crippen MR) is 73.7 cm³/mol. The van der Waals surface area contributed by atoms with Crippen molar-refractivity contribution >= 4 is 27.5 Å². The molecule has 0 aliphatic rings. The van der Waals surface area contributed by atoms with Gasteiger partial charge in [-0.15, -0.1) is 6.42 Å². The number of terminal acetylenes is 1. The number of anilines is 1. The van der Waals surface area contributed by atoms with Crippen LogP contribution in [0.5, 0.6) is 0 Å². The fourth-order valence-corrected chi connectivity index (χ4v) is 1.49. The number of hydrogen-bond donors (Lipinski definition) is 2. The molecule has 90 valence electrons. The van der Waals surface area contributed by atoms with Gasteiger partial charge in [0, 0.05) is 4.47 Å². The number of hydrogen-bond acceptors (Lipinski definition) is 2. The Bertz CT molecular complexity index is 449. The zero-order chi connectivity index (χ0) is 12.9. The van der Waals surface area contributed by atoms with Crippen molar-refractivity contribution < 1.29 is 4.79 Å². The molecule has 4 heteroatoms. The lowest BCUT2D eigenvalue weighted by molar-refractivity contribution is -0.115. The summed E-state index contributed by atoms with van der Waals surface area (Å²) in [5.41, 5.74) is 0.267. The normalized spacial score (nSPS) is 10.7. The number of nitrogens with one attached hydrogen (secondary N) is 2. The minimum absolute atomic E-state index is 0.125. The van der Waals surface area contributed by atoms with E-state index in [0.717, 1.165) is 10.2 Å². The maximum atomic E-state index is 11.7. The van der Waals surface area contributed by atoms with Crippen LogP contribution in [0, 0.1) is 12.3 Å². The number of amides is 1. The van der Waals surface area contributed by atoms with E-state index >= 15 is 0 Å². The molecular formula is C13H15BrN2O. The van der Waals surface area contributed by atoms with Gasteiger partial charge in [-0.2, -0.15) is 0 Å². The molecule has 3 nitrogen and oxygen atoms in total. The summed E-state index contributed by atoms with van der Waals surface area (Å²) in [6.45, 7) is 3.87. The maximum absolute atomic E-state index is 11.7.